The van der Waals surface area contributed by atoms with Crippen molar-refractivity contribution >= 4 is 5.91 Å². The van der Waals surface area contributed by atoms with E-state index in [9.17, 15) is 4.79 Å². The minimum atomic E-state index is 0.0752. The number of rotatable bonds is 9. The lowest BCUT2D eigenvalue weighted by molar-refractivity contribution is -0.196. The molecule has 0 bridgehead atoms. The fraction of sp³-hybridized carbons (Fsp3) is 0.800. The second kappa shape index (κ2) is 13.1. The first-order valence-corrected chi connectivity index (χ1v) is 17.5. The maximum absolute atomic E-state index is 13.6. The van der Waals surface area contributed by atoms with E-state index in [1.807, 2.05) is 0 Å². The van der Waals surface area contributed by atoms with Crippen molar-refractivity contribution in [3.63, 3.8) is 0 Å². The Morgan fingerprint density at radius 3 is 2.67 bits per heavy atom. The third-order valence-corrected chi connectivity index (χ3v) is 11.9. The Kier molecular flexibility index (Phi) is 9.09. The zero-order chi connectivity index (χ0) is 28.5. The molecular formula is C35H54N4O3. The number of nitrogens with one attached hydrogen (secondary N) is 2. The molecule has 5 fully saturated rings. The molecule has 3 aliphatic carbocycles. The van der Waals surface area contributed by atoms with Gasteiger partial charge in [0, 0.05) is 31.2 Å². The quantitative estimate of drug-likeness (QED) is 0.309. The van der Waals surface area contributed by atoms with E-state index in [0.717, 1.165) is 101 Å². The number of fused-ring (bicyclic) bond motifs is 3. The van der Waals surface area contributed by atoms with Gasteiger partial charge in [-0.2, -0.15) is 0 Å². The topological polar surface area (TPSA) is 66.1 Å². The molecule has 3 saturated carbocycles. The zero-order valence-electron chi connectivity index (χ0n) is 25.7. The third kappa shape index (κ3) is 6.00. The van der Waals surface area contributed by atoms with Crippen LogP contribution in [-0.2, 0) is 14.3 Å². The lowest BCUT2D eigenvalue weighted by Gasteiger charge is -2.61. The Morgan fingerprint density at radius 1 is 1.02 bits per heavy atom. The first-order valence-electron chi connectivity index (χ1n) is 17.5. The van der Waals surface area contributed by atoms with Gasteiger partial charge in [-0.3, -0.25) is 4.79 Å². The summed E-state index contributed by atoms with van der Waals surface area (Å²) in [4.78, 5) is 18.8. The highest BCUT2D eigenvalue weighted by atomic mass is 16.5. The molecular weight excluding hydrogens is 524 g/mol. The van der Waals surface area contributed by atoms with Crippen molar-refractivity contribution in [2.24, 2.45) is 17.8 Å². The van der Waals surface area contributed by atoms with Crippen LogP contribution in [0.1, 0.15) is 83.5 Å². The number of ether oxygens (including phenoxy) is 2. The summed E-state index contributed by atoms with van der Waals surface area (Å²) in [5, 5.41) is 7.23. The van der Waals surface area contributed by atoms with Crippen molar-refractivity contribution in [1.29, 1.82) is 0 Å². The summed E-state index contributed by atoms with van der Waals surface area (Å²) in [5.41, 5.74) is 3.43. The average molecular weight is 579 g/mol. The van der Waals surface area contributed by atoms with Crippen molar-refractivity contribution in [3.8, 4) is 0 Å². The van der Waals surface area contributed by atoms with E-state index >= 15 is 0 Å². The van der Waals surface area contributed by atoms with Gasteiger partial charge in [0.15, 0.2) is 0 Å². The summed E-state index contributed by atoms with van der Waals surface area (Å²) in [6.45, 7) is 11.2. The SMILES string of the molecule is C=C1C(C(=O)NCCN2CCCC2)=CN2C3CC4CCCCC4CC3OC3C(NCCCC4=CCOCC4)CCC1C32. The maximum Gasteiger partial charge on any atom is 0.253 e. The summed E-state index contributed by atoms with van der Waals surface area (Å²) >= 11 is 0. The van der Waals surface area contributed by atoms with Crippen LogP contribution in [-0.4, -0.2) is 92.0 Å². The summed E-state index contributed by atoms with van der Waals surface area (Å²) in [6.07, 6.45) is 21.0. The first-order chi connectivity index (χ1) is 20.7. The first kappa shape index (κ1) is 29.1. The Morgan fingerprint density at radius 2 is 1.86 bits per heavy atom. The molecule has 1 amide bonds. The van der Waals surface area contributed by atoms with Gasteiger partial charge in [-0.1, -0.05) is 43.9 Å². The van der Waals surface area contributed by atoms with Gasteiger partial charge in [-0.05, 0) is 94.8 Å². The number of carbonyl (C=O) groups excluding carboxylic acids is 1. The minimum Gasteiger partial charge on any atom is -0.377 e. The molecule has 42 heavy (non-hydrogen) atoms. The molecule has 8 unspecified atom stereocenters. The Bertz CT molecular complexity index is 1050. The standard InChI is InChI=1S/C35H54N4O3/c1-24-28-10-11-30(36-14-6-7-25-12-19-41-20-13-25)34-33(28)39(23-29(24)35(40)37-15-18-38-16-4-5-17-38)31-21-26-8-2-3-9-27(26)22-32(31)42-34/h12,23,26-28,30-34,36H,1-11,13-22H2,(H,37,40). The molecule has 2 N–H and O–H groups in total. The van der Waals surface area contributed by atoms with Gasteiger partial charge in [0.2, 0.25) is 0 Å². The molecule has 0 aromatic carbocycles. The fourth-order valence-electron chi connectivity index (χ4n) is 9.66. The molecule has 4 aliphatic heterocycles. The number of morpholine rings is 1. The summed E-state index contributed by atoms with van der Waals surface area (Å²) < 4.78 is 12.7. The molecule has 7 heteroatoms. The fourth-order valence-corrected chi connectivity index (χ4v) is 9.66. The van der Waals surface area contributed by atoms with Gasteiger partial charge < -0.3 is 29.9 Å². The van der Waals surface area contributed by atoms with E-state index in [1.165, 1.54) is 51.4 Å². The van der Waals surface area contributed by atoms with Crippen molar-refractivity contribution in [2.75, 3.05) is 45.9 Å². The molecule has 7 aliphatic rings. The van der Waals surface area contributed by atoms with Crippen LogP contribution >= 0.6 is 0 Å². The molecule has 4 heterocycles. The van der Waals surface area contributed by atoms with E-state index in [2.05, 4.69) is 39.3 Å². The second-order valence-electron chi connectivity index (χ2n) is 14.3. The summed E-state index contributed by atoms with van der Waals surface area (Å²) in [6, 6.07) is 1.02. The monoisotopic (exact) mass is 578 g/mol. The van der Waals surface area contributed by atoms with E-state index < -0.39 is 0 Å². The number of nitrogens with zero attached hydrogens (tertiary/aromatic N) is 2. The third-order valence-electron chi connectivity index (χ3n) is 11.9. The summed E-state index contributed by atoms with van der Waals surface area (Å²) in [5.74, 6) is 1.99. The van der Waals surface area contributed by atoms with Gasteiger partial charge in [0.25, 0.3) is 5.91 Å². The molecule has 0 aromatic heterocycles. The highest BCUT2D eigenvalue weighted by Crippen LogP contribution is 2.51. The Hall–Kier alpha value is -1.67. The Labute approximate surface area is 253 Å². The van der Waals surface area contributed by atoms with Crippen LogP contribution in [0.25, 0.3) is 0 Å². The molecule has 232 valence electrons. The minimum absolute atomic E-state index is 0.0752. The molecule has 8 atom stereocenters. The predicted octanol–water partition coefficient (Wildman–Crippen LogP) is 4.55. The number of carbonyl (C=O) groups is 1. The normalized spacial score (nSPS) is 38.2. The smallest absolute Gasteiger partial charge is 0.253 e. The van der Waals surface area contributed by atoms with Crippen molar-refractivity contribution in [3.05, 3.63) is 35.6 Å². The molecule has 0 aromatic rings. The molecule has 2 saturated heterocycles. The molecule has 7 nitrogen and oxygen atoms in total. The van der Waals surface area contributed by atoms with Crippen LogP contribution in [0.2, 0.25) is 0 Å². The van der Waals surface area contributed by atoms with Crippen LogP contribution in [0.15, 0.2) is 35.6 Å². The van der Waals surface area contributed by atoms with Crippen LogP contribution < -0.4 is 10.6 Å². The number of likely N-dealkylation sites (tertiary alicyclic amines) is 1. The van der Waals surface area contributed by atoms with Crippen LogP contribution in [0.3, 0.4) is 0 Å². The van der Waals surface area contributed by atoms with E-state index in [-0.39, 0.29) is 30.1 Å². The van der Waals surface area contributed by atoms with Crippen LogP contribution in [0.4, 0.5) is 0 Å². The van der Waals surface area contributed by atoms with Crippen molar-refractivity contribution < 1.29 is 14.3 Å². The van der Waals surface area contributed by atoms with Gasteiger partial charge in [-0.25, -0.2) is 0 Å². The van der Waals surface area contributed by atoms with Crippen LogP contribution in [0.5, 0.6) is 0 Å². The second-order valence-corrected chi connectivity index (χ2v) is 14.3. The number of amides is 1. The summed E-state index contributed by atoms with van der Waals surface area (Å²) in [7, 11) is 0. The highest BCUT2D eigenvalue weighted by Gasteiger charge is 2.55. The Balaban J connectivity index is 1.07. The number of hydrogen-bond donors (Lipinski definition) is 2. The zero-order valence-corrected chi connectivity index (χ0v) is 25.7. The van der Waals surface area contributed by atoms with E-state index in [4.69, 9.17) is 9.47 Å². The molecule has 0 spiro atoms. The highest BCUT2D eigenvalue weighted by molar-refractivity contribution is 5.98. The predicted molar refractivity (Wildman–Crippen MR) is 166 cm³/mol. The molecule has 0 radical (unpaired) electrons. The van der Waals surface area contributed by atoms with E-state index in [1.54, 1.807) is 5.57 Å². The maximum atomic E-state index is 13.6. The lowest BCUT2D eigenvalue weighted by Crippen LogP contribution is -2.70. The molecule has 7 rings (SSSR count). The largest absolute Gasteiger partial charge is 0.377 e. The van der Waals surface area contributed by atoms with Gasteiger partial charge >= 0.3 is 0 Å². The van der Waals surface area contributed by atoms with Crippen molar-refractivity contribution in [1.82, 2.24) is 20.4 Å². The van der Waals surface area contributed by atoms with Crippen molar-refractivity contribution in [2.45, 2.75) is 114 Å². The number of hydrogen-bond acceptors (Lipinski definition) is 6. The average Bonchev–Trinajstić information content (AvgIpc) is 3.54. The van der Waals surface area contributed by atoms with Gasteiger partial charge in [-0.15, -0.1) is 0 Å². The lowest BCUT2D eigenvalue weighted by atomic mass is 9.64. The van der Waals surface area contributed by atoms with Crippen LogP contribution in [0, 0.1) is 17.8 Å². The van der Waals surface area contributed by atoms with E-state index in [0.29, 0.717) is 12.1 Å². The van der Waals surface area contributed by atoms with Gasteiger partial charge in [0.05, 0.1) is 43.1 Å². The van der Waals surface area contributed by atoms with Gasteiger partial charge in [0.1, 0.15) is 0 Å².